The Morgan fingerprint density at radius 2 is 2.31 bits per heavy atom. The van der Waals surface area contributed by atoms with E-state index in [1.165, 1.54) is 19.3 Å². The third-order valence-electron chi connectivity index (χ3n) is 2.53. The minimum absolute atomic E-state index is 0.438. The Kier molecular flexibility index (Phi) is 4.00. The molecule has 1 rings (SSSR count). The molecule has 1 atom stereocenters. The van der Waals surface area contributed by atoms with Crippen molar-refractivity contribution in [2.24, 2.45) is 5.92 Å². The number of rotatable bonds is 5. The SMILES string of the molecule is CN(CC1CCC1)CC(Cl)C(=O)O. The molecule has 1 saturated carbocycles. The first-order valence-electron chi connectivity index (χ1n) is 4.65. The van der Waals surface area contributed by atoms with Crippen LogP contribution >= 0.6 is 11.6 Å². The number of carboxylic acids is 1. The minimum atomic E-state index is -0.929. The van der Waals surface area contributed by atoms with Crippen LogP contribution in [-0.2, 0) is 4.79 Å². The summed E-state index contributed by atoms with van der Waals surface area (Å²) in [7, 11) is 1.93. The van der Waals surface area contributed by atoms with Gasteiger partial charge in [0.05, 0.1) is 0 Å². The molecule has 4 heteroatoms. The van der Waals surface area contributed by atoms with Gasteiger partial charge in [0.1, 0.15) is 5.38 Å². The predicted molar refractivity (Wildman–Crippen MR) is 52.1 cm³/mol. The van der Waals surface area contributed by atoms with Gasteiger partial charge in [-0.15, -0.1) is 11.6 Å². The van der Waals surface area contributed by atoms with Gasteiger partial charge in [-0.25, -0.2) is 0 Å². The molecule has 0 saturated heterocycles. The van der Waals surface area contributed by atoms with Crippen LogP contribution in [0.3, 0.4) is 0 Å². The molecule has 76 valence electrons. The molecule has 0 radical (unpaired) electrons. The molecule has 0 bridgehead atoms. The lowest BCUT2D eigenvalue weighted by atomic mass is 9.85. The summed E-state index contributed by atoms with van der Waals surface area (Å²) >= 11 is 5.61. The van der Waals surface area contributed by atoms with Gasteiger partial charge in [-0.2, -0.15) is 0 Å². The standard InChI is InChI=1S/C9H16ClNO2/c1-11(5-7-3-2-4-7)6-8(10)9(12)13/h7-8H,2-6H2,1H3,(H,12,13). The monoisotopic (exact) mass is 205 g/mol. The van der Waals surface area contributed by atoms with Gasteiger partial charge in [-0.1, -0.05) is 6.42 Å². The van der Waals surface area contributed by atoms with Crippen molar-refractivity contribution in [3.8, 4) is 0 Å². The van der Waals surface area contributed by atoms with E-state index in [0.29, 0.717) is 6.54 Å². The van der Waals surface area contributed by atoms with E-state index in [-0.39, 0.29) is 0 Å². The van der Waals surface area contributed by atoms with Crippen LogP contribution in [0.4, 0.5) is 0 Å². The zero-order valence-electron chi connectivity index (χ0n) is 7.87. The summed E-state index contributed by atoms with van der Waals surface area (Å²) in [6.07, 6.45) is 3.89. The van der Waals surface area contributed by atoms with Crippen LogP contribution < -0.4 is 0 Å². The molecule has 0 aromatic rings. The number of carboxylic acid groups (broad SMARTS) is 1. The number of hydrogen-bond donors (Lipinski definition) is 1. The number of halogens is 1. The van der Waals surface area contributed by atoms with Crippen molar-refractivity contribution in [1.82, 2.24) is 4.90 Å². The molecule has 1 fully saturated rings. The summed E-state index contributed by atoms with van der Waals surface area (Å²) in [5, 5.41) is 7.80. The van der Waals surface area contributed by atoms with E-state index < -0.39 is 11.3 Å². The normalized spacial score (nSPS) is 19.9. The van der Waals surface area contributed by atoms with E-state index in [0.717, 1.165) is 12.5 Å². The van der Waals surface area contributed by atoms with Gasteiger partial charge in [0, 0.05) is 13.1 Å². The minimum Gasteiger partial charge on any atom is -0.480 e. The molecule has 3 nitrogen and oxygen atoms in total. The quantitative estimate of drug-likeness (QED) is 0.690. The topological polar surface area (TPSA) is 40.5 Å². The highest BCUT2D eigenvalue weighted by atomic mass is 35.5. The summed E-state index contributed by atoms with van der Waals surface area (Å²) in [6.45, 7) is 1.42. The summed E-state index contributed by atoms with van der Waals surface area (Å²) < 4.78 is 0. The zero-order chi connectivity index (χ0) is 9.84. The third-order valence-corrected chi connectivity index (χ3v) is 2.86. The van der Waals surface area contributed by atoms with Crippen molar-refractivity contribution >= 4 is 17.6 Å². The fraction of sp³-hybridized carbons (Fsp3) is 0.889. The molecule has 0 heterocycles. The smallest absolute Gasteiger partial charge is 0.322 e. The summed E-state index contributed by atoms with van der Waals surface area (Å²) in [6, 6.07) is 0. The summed E-state index contributed by atoms with van der Waals surface area (Å²) in [5.74, 6) is -0.162. The van der Waals surface area contributed by atoms with Gasteiger partial charge in [0.15, 0.2) is 0 Å². The van der Waals surface area contributed by atoms with Crippen LogP contribution in [-0.4, -0.2) is 41.5 Å². The van der Waals surface area contributed by atoms with Gasteiger partial charge in [0.2, 0.25) is 0 Å². The molecule has 1 aliphatic carbocycles. The molecular weight excluding hydrogens is 190 g/mol. The third kappa shape index (κ3) is 3.53. The highest BCUT2D eigenvalue weighted by Crippen LogP contribution is 2.26. The molecule has 0 spiro atoms. The zero-order valence-corrected chi connectivity index (χ0v) is 8.63. The van der Waals surface area contributed by atoms with Crippen molar-refractivity contribution in [1.29, 1.82) is 0 Å². The maximum Gasteiger partial charge on any atom is 0.322 e. The van der Waals surface area contributed by atoms with Crippen molar-refractivity contribution in [2.75, 3.05) is 20.1 Å². The van der Waals surface area contributed by atoms with E-state index in [1.807, 2.05) is 11.9 Å². The van der Waals surface area contributed by atoms with Gasteiger partial charge in [-0.05, 0) is 25.8 Å². The number of aliphatic carboxylic acids is 1. The van der Waals surface area contributed by atoms with Crippen molar-refractivity contribution < 1.29 is 9.90 Å². The van der Waals surface area contributed by atoms with E-state index >= 15 is 0 Å². The number of hydrogen-bond acceptors (Lipinski definition) is 2. The van der Waals surface area contributed by atoms with Crippen LogP contribution in [0, 0.1) is 5.92 Å². The Balaban J connectivity index is 2.15. The first-order valence-corrected chi connectivity index (χ1v) is 5.08. The average Bonchev–Trinajstić information content (AvgIpc) is 1.96. The van der Waals surface area contributed by atoms with Gasteiger partial charge < -0.3 is 10.0 Å². The lowest BCUT2D eigenvalue weighted by Gasteiger charge is -2.30. The Labute approximate surface area is 83.7 Å². The van der Waals surface area contributed by atoms with Crippen LogP contribution in [0.25, 0.3) is 0 Å². The Morgan fingerprint density at radius 3 is 2.69 bits per heavy atom. The molecule has 1 N–H and O–H groups in total. The Morgan fingerprint density at radius 1 is 1.69 bits per heavy atom. The van der Waals surface area contributed by atoms with Crippen LogP contribution in [0.15, 0.2) is 0 Å². The first-order chi connectivity index (χ1) is 6.09. The second-order valence-corrected chi connectivity index (χ2v) is 4.35. The second kappa shape index (κ2) is 4.82. The summed E-state index contributed by atoms with van der Waals surface area (Å²) in [4.78, 5) is 12.5. The predicted octanol–water partition coefficient (Wildman–Crippen LogP) is 1.41. The van der Waals surface area contributed by atoms with Gasteiger partial charge in [-0.3, -0.25) is 4.79 Å². The highest BCUT2D eigenvalue weighted by molar-refractivity contribution is 6.29. The van der Waals surface area contributed by atoms with Crippen LogP contribution in [0.1, 0.15) is 19.3 Å². The van der Waals surface area contributed by atoms with Gasteiger partial charge in [0.25, 0.3) is 0 Å². The maximum absolute atomic E-state index is 10.4. The first kappa shape index (κ1) is 10.8. The van der Waals surface area contributed by atoms with E-state index in [2.05, 4.69) is 0 Å². The maximum atomic E-state index is 10.4. The van der Waals surface area contributed by atoms with E-state index in [9.17, 15) is 4.79 Å². The number of alkyl halides is 1. The van der Waals surface area contributed by atoms with Crippen molar-refractivity contribution in [3.05, 3.63) is 0 Å². The second-order valence-electron chi connectivity index (χ2n) is 3.82. The molecule has 13 heavy (non-hydrogen) atoms. The number of nitrogens with zero attached hydrogens (tertiary/aromatic N) is 1. The molecule has 1 unspecified atom stereocenters. The fourth-order valence-corrected chi connectivity index (χ4v) is 1.78. The average molecular weight is 206 g/mol. The summed E-state index contributed by atoms with van der Waals surface area (Å²) in [5.41, 5.74) is 0. The molecule has 1 aliphatic rings. The molecule has 0 aromatic heterocycles. The molecule has 0 amide bonds. The van der Waals surface area contributed by atoms with Gasteiger partial charge >= 0.3 is 5.97 Å². The Bertz CT molecular complexity index is 182. The largest absolute Gasteiger partial charge is 0.480 e. The lowest BCUT2D eigenvalue weighted by Crippen LogP contribution is -2.36. The van der Waals surface area contributed by atoms with Crippen LogP contribution in [0.5, 0.6) is 0 Å². The number of carbonyl (C=O) groups is 1. The van der Waals surface area contributed by atoms with Crippen molar-refractivity contribution in [2.45, 2.75) is 24.6 Å². The van der Waals surface area contributed by atoms with Crippen LogP contribution in [0.2, 0.25) is 0 Å². The molecule has 0 aromatic carbocycles. The highest BCUT2D eigenvalue weighted by Gasteiger charge is 2.21. The lowest BCUT2D eigenvalue weighted by molar-refractivity contribution is -0.136. The van der Waals surface area contributed by atoms with Crippen molar-refractivity contribution in [3.63, 3.8) is 0 Å². The van der Waals surface area contributed by atoms with E-state index in [1.54, 1.807) is 0 Å². The molecule has 0 aliphatic heterocycles. The Hall–Kier alpha value is -0.280. The molecular formula is C9H16ClNO2. The van der Waals surface area contributed by atoms with E-state index in [4.69, 9.17) is 16.7 Å². The fourth-order valence-electron chi connectivity index (χ4n) is 1.54.